The summed E-state index contributed by atoms with van der Waals surface area (Å²) in [5, 5.41) is 0. The van der Waals surface area contributed by atoms with Gasteiger partial charge < -0.3 is 4.90 Å². The fourth-order valence-electron chi connectivity index (χ4n) is 4.07. The molecular formula is C13H20ClFN2O. The van der Waals surface area contributed by atoms with Crippen LogP contribution in [0.15, 0.2) is 0 Å². The number of halogens is 2. The highest BCUT2D eigenvalue weighted by Gasteiger charge is 2.43. The molecule has 0 aromatic rings. The summed E-state index contributed by atoms with van der Waals surface area (Å²) in [4.78, 5) is 15.5. The smallest absolute Gasteiger partial charge is 0.272 e. The number of piperazine rings is 1. The summed E-state index contributed by atoms with van der Waals surface area (Å²) in [7, 11) is 0. The van der Waals surface area contributed by atoms with Gasteiger partial charge in [0.05, 0.1) is 0 Å². The molecule has 0 radical (unpaired) electrons. The number of alkyl halides is 2. The Morgan fingerprint density at radius 2 is 1.89 bits per heavy atom. The van der Waals surface area contributed by atoms with E-state index in [1.54, 1.807) is 4.90 Å². The van der Waals surface area contributed by atoms with Gasteiger partial charge in [0.1, 0.15) is 0 Å². The molecule has 2 aliphatic carbocycles. The predicted molar refractivity (Wildman–Crippen MR) is 68.1 cm³/mol. The number of carbonyl (C=O) groups excluding carboxylic acids is 1. The maximum Gasteiger partial charge on any atom is 0.272 e. The predicted octanol–water partition coefficient (Wildman–Crippen LogP) is 1.85. The Kier molecular flexibility index (Phi) is 3.50. The van der Waals surface area contributed by atoms with Crippen LogP contribution in [0.5, 0.6) is 0 Å². The molecule has 1 unspecified atom stereocenters. The van der Waals surface area contributed by atoms with Gasteiger partial charge in [0.15, 0.2) is 0 Å². The Hall–Kier alpha value is -0.350. The molecule has 0 aromatic heterocycles. The minimum Gasteiger partial charge on any atom is -0.337 e. The van der Waals surface area contributed by atoms with Gasteiger partial charge in [-0.2, -0.15) is 0 Å². The largest absolute Gasteiger partial charge is 0.337 e. The molecule has 0 spiro atoms. The number of hydrogen-bond acceptors (Lipinski definition) is 2. The van der Waals surface area contributed by atoms with Crippen LogP contribution < -0.4 is 0 Å². The molecule has 3 fully saturated rings. The molecule has 1 amide bonds. The Labute approximate surface area is 112 Å². The highest BCUT2D eigenvalue weighted by Crippen LogP contribution is 2.46. The Morgan fingerprint density at radius 3 is 2.39 bits per heavy atom. The van der Waals surface area contributed by atoms with Gasteiger partial charge in [-0.15, -0.1) is 0 Å². The summed E-state index contributed by atoms with van der Waals surface area (Å²) < 4.78 is 12.8. The first kappa shape index (κ1) is 12.7. The number of hydrogen-bond donors (Lipinski definition) is 0. The highest BCUT2D eigenvalue weighted by atomic mass is 35.5. The maximum atomic E-state index is 12.8. The lowest BCUT2D eigenvalue weighted by Crippen LogP contribution is -2.54. The minimum absolute atomic E-state index is 0.566. The molecule has 2 saturated carbocycles. The van der Waals surface area contributed by atoms with Crippen LogP contribution in [0, 0.1) is 11.8 Å². The molecule has 5 heteroatoms. The van der Waals surface area contributed by atoms with Crippen molar-refractivity contribution >= 4 is 17.5 Å². The van der Waals surface area contributed by atoms with Gasteiger partial charge in [-0.3, -0.25) is 9.69 Å². The van der Waals surface area contributed by atoms with Crippen LogP contribution in [-0.4, -0.2) is 53.6 Å². The molecule has 1 saturated heterocycles. The van der Waals surface area contributed by atoms with Crippen LogP contribution in [0.2, 0.25) is 0 Å². The molecule has 102 valence electrons. The summed E-state index contributed by atoms with van der Waals surface area (Å²) in [5.74, 6) is 1.25. The Bertz CT molecular complexity index is 331. The Morgan fingerprint density at radius 1 is 1.17 bits per heavy atom. The van der Waals surface area contributed by atoms with Crippen LogP contribution >= 0.6 is 11.6 Å². The van der Waals surface area contributed by atoms with E-state index in [0.29, 0.717) is 13.1 Å². The van der Waals surface area contributed by atoms with Crippen molar-refractivity contribution in [2.45, 2.75) is 37.4 Å². The van der Waals surface area contributed by atoms with Crippen LogP contribution in [0.1, 0.15) is 25.7 Å². The van der Waals surface area contributed by atoms with Gasteiger partial charge in [0.2, 0.25) is 0 Å². The summed E-state index contributed by atoms with van der Waals surface area (Å²) in [6.07, 6.45) is 5.52. The van der Waals surface area contributed by atoms with Gasteiger partial charge in [0, 0.05) is 32.2 Å². The number of rotatable bonds is 2. The maximum absolute atomic E-state index is 12.8. The third-order valence-electron chi connectivity index (χ3n) is 4.98. The second-order valence-corrected chi connectivity index (χ2v) is 6.29. The second-order valence-electron chi connectivity index (χ2n) is 5.90. The van der Waals surface area contributed by atoms with Gasteiger partial charge in [-0.1, -0.05) is 18.0 Å². The van der Waals surface area contributed by atoms with Crippen molar-refractivity contribution in [3.8, 4) is 0 Å². The van der Waals surface area contributed by atoms with Gasteiger partial charge >= 0.3 is 0 Å². The standard InChI is InChI=1S/C13H20ClFN2O/c14-12(15)13(18)17-5-3-16(4-6-17)11-8-9-1-2-10(11)7-9/h9-12H,1-8H2/t9-,10+,11-,12?/m1/s1. The van der Waals surface area contributed by atoms with E-state index in [1.807, 2.05) is 0 Å². The normalized spacial score (nSPS) is 38.1. The fraction of sp³-hybridized carbons (Fsp3) is 0.923. The van der Waals surface area contributed by atoms with Crippen molar-refractivity contribution in [3.63, 3.8) is 0 Å². The number of fused-ring (bicyclic) bond motifs is 2. The van der Waals surface area contributed by atoms with Crippen LogP contribution in [-0.2, 0) is 4.79 Å². The quantitative estimate of drug-likeness (QED) is 0.718. The van der Waals surface area contributed by atoms with Crippen LogP contribution in [0.3, 0.4) is 0 Å². The van der Waals surface area contributed by atoms with Crippen molar-refractivity contribution in [2.75, 3.05) is 26.2 Å². The van der Waals surface area contributed by atoms with E-state index >= 15 is 0 Å². The number of nitrogens with zero attached hydrogens (tertiary/aromatic N) is 2. The average Bonchev–Trinajstić information content (AvgIpc) is 3.00. The third kappa shape index (κ3) is 2.25. The molecule has 0 aromatic carbocycles. The molecule has 1 aliphatic heterocycles. The van der Waals surface area contributed by atoms with Crippen LogP contribution in [0.4, 0.5) is 4.39 Å². The van der Waals surface area contributed by atoms with Crippen molar-refractivity contribution in [2.24, 2.45) is 11.8 Å². The van der Waals surface area contributed by atoms with E-state index in [1.165, 1.54) is 25.7 Å². The van der Waals surface area contributed by atoms with Crippen molar-refractivity contribution in [1.29, 1.82) is 0 Å². The zero-order valence-corrected chi connectivity index (χ0v) is 11.3. The van der Waals surface area contributed by atoms with Gasteiger partial charge in [-0.05, 0) is 31.1 Å². The molecule has 3 rings (SSSR count). The molecule has 4 atom stereocenters. The van der Waals surface area contributed by atoms with E-state index in [-0.39, 0.29) is 0 Å². The Balaban J connectivity index is 1.53. The molecule has 0 N–H and O–H groups in total. The summed E-state index contributed by atoms with van der Waals surface area (Å²) in [6.45, 7) is 3.01. The third-order valence-corrected chi connectivity index (χ3v) is 5.17. The lowest BCUT2D eigenvalue weighted by molar-refractivity contribution is -0.135. The van der Waals surface area contributed by atoms with Gasteiger partial charge in [-0.25, -0.2) is 4.39 Å². The van der Waals surface area contributed by atoms with E-state index in [2.05, 4.69) is 4.90 Å². The lowest BCUT2D eigenvalue weighted by Gasteiger charge is -2.41. The van der Waals surface area contributed by atoms with Gasteiger partial charge in [0.25, 0.3) is 11.5 Å². The fourth-order valence-corrected chi connectivity index (χ4v) is 4.21. The summed E-state index contributed by atoms with van der Waals surface area (Å²) >= 11 is 5.20. The molecule has 3 aliphatic rings. The zero-order valence-electron chi connectivity index (χ0n) is 10.5. The molecule has 18 heavy (non-hydrogen) atoms. The first-order chi connectivity index (χ1) is 8.65. The van der Waals surface area contributed by atoms with Crippen molar-refractivity contribution < 1.29 is 9.18 Å². The summed E-state index contributed by atoms with van der Waals surface area (Å²) in [6, 6.07) is 0.721. The molecule has 2 bridgehead atoms. The monoisotopic (exact) mass is 274 g/mol. The lowest BCUT2D eigenvalue weighted by atomic mass is 9.93. The molecule has 3 nitrogen and oxygen atoms in total. The summed E-state index contributed by atoms with van der Waals surface area (Å²) in [5.41, 5.74) is -1.88. The van der Waals surface area contributed by atoms with Crippen molar-refractivity contribution in [3.05, 3.63) is 0 Å². The molecule has 1 heterocycles. The topological polar surface area (TPSA) is 23.6 Å². The second kappa shape index (κ2) is 4.97. The first-order valence-corrected chi connectivity index (χ1v) is 7.40. The number of amides is 1. The minimum atomic E-state index is -1.88. The van der Waals surface area contributed by atoms with E-state index in [9.17, 15) is 9.18 Å². The molecular weight excluding hydrogens is 255 g/mol. The van der Waals surface area contributed by atoms with Crippen molar-refractivity contribution in [1.82, 2.24) is 9.80 Å². The average molecular weight is 275 g/mol. The zero-order chi connectivity index (χ0) is 12.7. The van der Waals surface area contributed by atoms with Crippen LogP contribution in [0.25, 0.3) is 0 Å². The van der Waals surface area contributed by atoms with E-state index < -0.39 is 11.5 Å². The highest BCUT2D eigenvalue weighted by molar-refractivity contribution is 6.29. The SMILES string of the molecule is O=C(C(F)Cl)N1CCN([C@@H]2C[C@@H]3CC[C@H]2C3)CC1. The first-order valence-electron chi connectivity index (χ1n) is 6.96. The van der Waals surface area contributed by atoms with E-state index in [0.717, 1.165) is 31.0 Å². The van der Waals surface area contributed by atoms with E-state index in [4.69, 9.17) is 11.6 Å². The number of carbonyl (C=O) groups is 1.